The normalized spacial score (nSPS) is 28.1. The van der Waals surface area contributed by atoms with Gasteiger partial charge >= 0.3 is 0 Å². The predicted molar refractivity (Wildman–Crippen MR) is 70.5 cm³/mol. The lowest BCUT2D eigenvalue weighted by Gasteiger charge is -2.22. The van der Waals surface area contributed by atoms with Crippen LogP contribution in [0.3, 0.4) is 0 Å². The quantitative estimate of drug-likeness (QED) is 0.860. The van der Waals surface area contributed by atoms with Crippen LogP contribution in [0.25, 0.3) is 0 Å². The van der Waals surface area contributed by atoms with Gasteiger partial charge in [0.15, 0.2) is 0 Å². The monoisotopic (exact) mass is 249 g/mol. The van der Waals surface area contributed by atoms with Gasteiger partial charge in [0.25, 0.3) is 0 Å². The van der Waals surface area contributed by atoms with Crippen LogP contribution in [0, 0.1) is 0 Å². The number of nitrogens with zero attached hydrogens (tertiary/aromatic N) is 2. The van der Waals surface area contributed by atoms with Crippen molar-refractivity contribution in [1.82, 2.24) is 9.55 Å². The molecule has 1 aromatic rings. The molecule has 0 amide bonds. The third-order valence-corrected chi connectivity index (χ3v) is 4.28. The minimum atomic E-state index is 0.297. The maximum Gasteiger partial charge on any atom is 0.111 e. The number of nitrogens with two attached hydrogens (primary N) is 1. The highest BCUT2D eigenvalue weighted by atomic mass is 16.5. The Hall–Kier alpha value is -0.870. The van der Waals surface area contributed by atoms with Crippen LogP contribution in [0.15, 0.2) is 0 Å². The highest BCUT2D eigenvalue weighted by molar-refractivity contribution is 5.22. The van der Waals surface area contributed by atoms with Crippen LogP contribution >= 0.6 is 0 Å². The maximum atomic E-state index is 6.02. The molecule has 2 aliphatic rings. The molecule has 3 rings (SSSR count). The summed E-state index contributed by atoms with van der Waals surface area (Å²) in [6, 6.07) is 0.297. The molecule has 0 spiro atoms. The molecule has 4 nitrogen and oxygen atoms in total. The van der Waals surface area contributed by atoms with E-state index in [1.165, 1.54) is 36.5 Å². The molecule has 1 aromatic heterocycles. The smallest absolute Gasteiger partial charge is 0.111 e. The molecule has 0 aromatic carbocycles. The molecule has 1 aliphatic carbocycles. The minimum Gasteiger partial charge on any atom is -0.378 e. The lowest BCUT2D eigenvalue weighted by Crippen LogP contribution is -2.28. The van der Waals surface area contributed by atoms with Crippen molar-refractivity contribution in [2.45, 2.75) is 57.1 Å². The van der Waals surface area contributed by atoms with E-state index in [2.05, 4.69) is 11.6 Å². The largest absolute Gasteiger partial charge is 0.378 e. The van der Waals surface area contributed by atoms with Gasteiger partial charge in [-0.25, -0.2) is 4.98 Å². The predicted octanol–water partition coefficient (Wildman–Crippen LogP) is 1.35. The maximum absolute atomic E-state index is 6.02. The van der Waals surface area contributed by atoms with E-state index >= 15 is 0 Å². The van der Waals surface area contributed by atoms with E-state index in [-0.39, 0.29) is 0 Å². The summed E-state index contributed by atoms with van der Waals surface area (Å²) in [7, 11) is 2.14. The van der Waals surface area contributed by atoms with Crippen LogP contribution in [0.2, 0.25) is 0 Å². The van der Waals surface area contributed by atoms with Crippen LogP contribution in [-0.4, -0.2) is 28.3 Å². The Bertz CT molecular complexity index is 421. The molecular weight excluding hydrogens is 226 g/mol. The Kier molecular flexibility index (Phi) is 3.39. The number of imidazole rings is 1. The molecule has 2 heterocycles. The second-order valence-corrected chi connectivity index (χ2v) is 5.68. The van der Waals surface area contributed by atoms with E-state index in [9.17, 15) is 0 Å². The molecule has 1 saturated heterocycles. The molecule has 0 bridgehead atoms. The molecule has 2 atom stereocenters. The second kappa shape index (κ2) is 5.02. The average Bonchev–Trinajstić information content (AvgIpc) is 2.67. The number of rotatable bonds is 2. The van der Waals surface area contributed by atoms with Gasteiger partial charge in [-0.05, 0) is 32.1 Å². The van der Waals surface area contributed by atoms with Crippen molar-refractivity contribution < 1.29 is 4.74 Å². The SMILES string of the molecule is Cn1c(CC2CCCCO2)nc2c1CCC(N)C2. The van der Waals surface area contributed by atoms with Crippen LogP contribution in [-0.2, 0) is 31.0 Å². The van der Waals surface area contributed by atoms with Gasteiger partial charge in [0.1, 0.15) is 5.82 Å². The van der Waals surface area contributed by atoms with Crippen LogP contribution in [0.4, 0.5) is 0 Å². The zero-order valence-corrected chi connectivity index (χ0v) is 11.2. The first-order chi connectivity index (χ1) is 8.74. The van der Waals surface area contributed by atoms with Gasteiger partial charge < -0.3 is 15.0 Å². The Morgan fingerprint density at radius 2 is 2.28 bits per heavy atom. The molecule has 4 heteroatoms. The molecule has 18 heavy (non-hydrogen) atoms. The fourth-order valence-electron chi connectivity index (χ4n) is 3.15. The van der Waals surface area contributed by atoms with Crippen LogP contribution in [0.1, 0.15) is 42.9 Å². The van der Waals surface area contributed by atoms with Crippen molar-refractivity contribution in [3.05, 3.63) is 17.2 Å². The summed E-state index contributed by atoms with van der Waals surface area (Å²) in [6.07, 6.45) is 8.11. The Morgan fingerprint density at radius 1 is 1.39 bits per heavy atom. The fourth-order valence-corrected chi connectivity index (χ4v) is 3.15. The summed E-state index contributed by atoms with van der Waals surface area (Å²) in [5.41, 5.74) is 8.63. The minimum absolute atomic E-state index is 0.297. The van der Waals surface area contributed by atoms with Crippen LogP contribution < -0.4 is 5.73 Å². The molecular formula is C14H23N3O. The summed E-state index contributed by atoms with van der Waals surface area (Å²) in [6.45, 7) is 0.916. The number of aromatic nitrogens is 2. The van der Waals surface area contributed by atoms with E-state index in [1.807, 2.05) is 0 Å². The van der Waals surface area contributed by atoms with Gasteiger partial charge in [0.2, 0.25) is 0 Å². The first kappa shape index (κ1) is 12.2. The summed E-state index contributed by atoms with van der Waals surface area (Å²) in [4.78, 5) is 4.80. The molecule has 2 N–H and O–H groups in total. The highest BCUT2D eigenvalue weighted by Gasteiger charge is 2.24. The molecule has 100 valence electrons. The van der Waals surface area contributed by atoms with E-state index < -0.39 is 0 Å². The lowest BCUT2D eigenvalue weighted by molar-refractivity contribution is 0.0152. The van der Waals surface area contributed by atoms with Gasteiger partial charge in [0, 0.05) is 38.2 Å². The molecule has 0 saturated carbocycles. The van der Waals surface area contributed by atoms with Gasteiger partial charge in [-0.15, -0.1) is 0 Å². The van der Waals surface area contributed by atoms with E-state index in [0.29, 0.717) is 12.1 Å². The Balaban J connectivity index is 1.76. The summed E-state index contributed by atoms with van der Waals surface area (Å²) >= 11 is 0. The number of hydrogen-bond donors (Lipinski definition) is 1. The first-order valence-corrected chi connectivity index (χ1v) is 7.14. The third kappa shape index (κ3) is 2.31. The van der Waals surface area contributed by atoms with Gasteiger partial charge in [-0.3, -0.25) is 0 Å². The van der Waals surface area contributed by atoms with Gasteiger partial charge in [0.05, 0.1) is 11.8 Å². The average molecular weight is 249 g/mol. The second-order valence-electron chi connectivity index (χ2n) is 5.68. The Morgan fingerprint density at radius 3 is 3.06 bits per heavy atom. The van der Waals surface area contributed by atoms with E-state index in [1.54, 1.807) is 0 Å². The van der Waals surface area contributed by atoms with Crippen molar-refractivity contribution in [2.75, 3.05) is 6.61 Å². The van der Waals surface area contributed by atoms with Gasteiger partial charge in [-0.2, -0.15) is 0 Å². The van der Waals surface area contributed by atoms with E-state index in [4.69, 9.17) is 15.5 Å². The standard InChI is InChI=1S/C14H23N3O/c1-17-13-6-5-10(15)8-12(13)16-14(17)9-11-4-2-3-7-18-11/h10-11H,2-9,15H2,1H3. The Labute approximate surface area is 109 Å². The summed E-state index contributed by atoms with van der Waals surface area (Å²) < 4.78 is 8.09. The van der Waals surface area contributed by atoms with Gasteiger partial charge in [-0.1, -0.05) is 0 Å². The van der Waals surface area contributed by atoms with Crippen molar-refractivity contribution in [3.63, 3.8) is 0 Å². The van der Waals surface area contributed by atoms with E-state index in [0.717, 1.165) is 32.3 Å². The molecule has 2 unspecified atom stereocenters. The third-order valence-electron chi connectivity index (χ3n) is 4.28. The first-order valence-electron chi connectivity index (χ1n) is 7.14. The van der Waals surface area contributed by atoms with Crippen LogP contribution in [0.5, 0.6) is 0 Å². The van der Waals surface area contributed by atoms with Crippen molar-refractivity contribution in [3.8, 4) is 0 Å². The van der Waals surface area contributed by atoms with Crippen molar-refractivity contribution in [2.24, 2.45) is 12.8 Å². The van der Waals surface area contributed by atoms with Crippen molar-refractivity contribution in [1.29, 1.82) is 0 Å². The van der Waals surface area contributed by atoms with Crippen molar-refractivity contribution >= 4 is 0 Å². The summed E-state index contributed by atoms with van der Waals surface area (Å²) in [5, 5.41) is 0. The number of hydrogen-bond acceptors (Lipinski definition) is 3. The summed E-state index contributed by atoms with van der Waals surface area (Å²) in [5.74, 6) is 1.18. The lowest BCUT2D eigenvalue weighted by atomic mass is 9.97. The zero-order chi connectivity index (χ0) is 12.5. The molecule has 1 aliphatic heterocycles. The molecule has 1 fully saturated rings. The molecule has 0 radical (unpaired) electrons. The number of ether oxygens (including phenoxy) is 1. The topological polar surface area (TPSA) is 53.1 Å². The fraction of sp³-hybridized carbons (Fsp3) is 0.786. The zero-order valence-electron chi connectivity index (χ0n) is 11.2. The number of fused-ring (bicyclic) bond motifs is 1. The highest BCUT2D eigenvalue weighted by Crippen LogP contribution is 2.23.